The second-order valence-electron chi connectivity index (χ2n) is 5.61. The molecule has 0 spiro atoms. The lowest BCUT2D eigenvalue weighted by Gasteiger charge is -2.32. The smallest absolute Gasteiger partial charge is 0.327 e. The second-order valence-corrected chi connectivity index (χ2v) is 5.61. The monoisotopic (exact) mass is 293 g/mol. The van der Waals surface area contributed by atoms with Crippen LogP contribution in [-0.4, -0.2) is 37.1 Å². The van der Waals surface area contributed by atoms with Crippen molar-refractivity contribution in [3.63, 3.8) is 0 Å². The summed E-state index contributed by atoms with van der Waals surface area (Å²) in [5.74, 6) is 0. The topological polar surface area (TPSA) is 66.1 Å². The minimum atomic E-state index is -2.46. The Morgan fingerprint density at radius 2 is 0.950 bits per heavy atom. The Morgan fingerprint density at radius 3 is 1.20 bits per heavy atom. The minimum absolute atomic E-state index is 0.166. The largest absolute Gasteiger partial charge is 0.444 e. The number of ether oxygens (including phenoxy) is 5. The number of rotatable bonds is 10. The highest BCUT2D eigenvalue weighted by molar-refractivity contribution is 4.49. The fourth-order valence-electron chi connectivity index (χ4n) is 1.31. The van der Waals surface area contributed by atoms with Gasteiger partial charge in [0, 0.05) is 0 Å². The summed E-state index contributed by atoms with van der Waals surface area (Å²) in [6.45, 7) is 13.0. The fraction of sp³-hybridized carbons (Fsp3) is 1.00. The lowest BCUT2D eigenvalue weighted by molar-refractivity contribution is -0.565. The normalized spacial score (nSPS) is 13.5. The van der Waals surface area contributed by atoms with Gasteiger partial charge in [-0.15, -0.1) is 5.11 Å². The van der Waals surface area contributed by atoms with Gasteiger partial charge in [-0.1, -0.05) is 0 Å². The Kier molecular flexibility index (Phi) is 8.81. The first-order chi connectivity index (χ1) is 9.04. The van der Waals surface area contributed by atoms with Gasteiger partial charge in [0.05, 0.1) is 24.4 Å². The van der Waals surface area contributed by atoms with Crippen LogP contribution in [0.25, 0.3) is 0 Å². The van der Waals surface area contributed by atoms with Crippen LogP contribution in [-0.2, 0) is 28.8 Å². The maximum atomic E-state index is 12.5. The maximum Gasteiger partial charge on any atom is 0.444 e. The molecular formula is C14H29O6. The van der Waals surface area contributed by atoms with Crippen molar-refractivity contribution in [1.82, 2.24) is 0 Å². The predicted molar refractivity (Wildman–Crippen MR) is 73.2 cm³/mol. The van der Waals surface area contributed by atoms with Gasteiger partial charge in [-0.3, -0.25) is 9.47 Å². The summed E-state index contributed by atoms with van der Waals surface area (Å²) in [5, 5.41) is 12.5. The Morgan fingerprint density at radius 1 is 0.600 bits per heavy atom. The van der Waals surface area contributed by atoms with Crippen LogP contribution in [0.5, 0.6) is 0 Å². The SMILES string of the molecule is CC(C)OC(OC(C)C)OC([O])(OC(C)C)OC(C)C. The zero-order valence-corrected chi connectivity index (χ0v) is 13.8. The van der Waals surface area contributed by atoms with Crippen LogP contribution in [0.15, 0.2) is 0 Å². The van der Waals surface area contributed by atoms with E-state index in [-0.39, 0.29) is 24.4 Å². The molecule has 0 aromatic rings. The Bertz CT molecular complexity index is 232. The van der Waals surface area contributed by atoms with Gasteiger partial charge in [0.25, 0.3) is 6.48 Å². The highest BCUT2D eigenvalue weighted by Gasteiger charge is 2.40. The first-order valence-electron chi connectivity index (χ1n) is 7.09. The molecule has 0 amide bonds. The van der Waals surface area contributed by atoms with E-state index in [4.69, 9.17) is 23.7 Å². The first-order valence-corrected chi connectivity index (χ1v) is 7.09. The van der Waals surface area contributed by atoms with Crippen LogP contribution < -0.4 is 0 Å². The molecule has 0 fully saturated rings. The molecule has 0 aliphatic heterocycles. The molecule has 0 heterocycles. The van der Waals surface area contributed by atoms with E-state index in [0.717, 1.165) is 0 Å². The van der Waals surface area contributed by atoms with Gasteiger partial charge >= 0.3 is 6.16 Å². The molecule has 0 aromatic heterocycles. The molecule has 0 aromatic carbocycles. The van der Waals surface area contributed by atoms with E-state index in [1.807, 2.05) is 27.7 Å². The number of hydrogen-bond donors (Lipinski definition) is 0. The molecule has 0 N–H and O–H groups in total. The van der Waals surface area contributed by atoms with Crippen molar-refractivity contribution in [2.24, 2.45) is 0 Å². The van der Waals surface area contributed by atoms with Gasteiger partial charge in [0.2, 0.25) is 0 Å². The third-order valence-electron chi connectivity index (χ3n) is 1.77. The third-order valence-corrected chi connectivity index (χ3v) is 1.77. The molecular weight excluding hydrogens is 264 g/mol. The van der Waals surface area contributed by atoms with Crippen molar-refractivity contribution in [3.8, 4) is 0 Å². The minimum Gasteiger partial charge on any atom is -0.327 e. The maximum absolute atomic E-state index is 12.5. The van der Waals surface area contributed by atoms with Crippen molar-refractivity contribution in [2.45, 2.75) is 92.4 Å². The van der Waals surface area contributed by atoms with Crippen LogP contribution >= 0.6 is 0 Å². The van der Waals surface area contributed by atoms with Crippen molar-refractivity contribution in [3.05, 3.63) is 0 Å². The average molecular weight is 293 g/mol. The summed E-state index contributed by atoms with van der Waals surface area (Å²) in [6.07, 6.45) is -3.51. The van der Waals surface area contributed by atoms with Crippen LogP contribution in [0.2, 0.25) is 0 Å². The van der Waals surface area contributed by atoms with Crippen LogP contribution in [0, 0.1) is 0 Å². The van der Waals surface area contributed by atoms with Gasteiger partial charge in [-0.05, 0) is 55.4 Å². The summed E-state index contributed by atoms with van der Waals surface area (Å²) in [4.78, 5) is 0. The van der Waals surface area contributed by atoms with Crippen LogP contribution in [0.4, 0.5) is 0 Å². The van der Waals surface area contributed by atoms with Crippen LogP contribution in [0.3, 0.4) is 0 Å². The molecule has 0 unspecified atom stereocenters. The summed E-state index contributed by atoms with van der Waals surface area (Å²) < 4.78 is 26.4. The van der Waals surface area contributed by atoms with Gasteiger partial charge in [-0.25, -0.2) is 4.74 Å². The highest BCUT2D eigenvalue weighted by Crippen LogP contribution is 2.22. The quantitative estimate of drug-likeness (QED) is 0.579. The zero-order chi connectivity index (χ0) is 15.9. The van der Waals surface area contributed by atoms with E-state index >= 15 is 0 Å². The molecule has 0 aliphatic carbocycles. The Balaban J connectivity index is 4.84. The molecule has 1 radical (unpaired) electrons. The van der Waals surface area contributed by atoms with E-state index in [1.165, 1.54) is 0 Å². The molecule has 0 atom stereocenters. The van der Waals surface area contributed by atoms with Crippen molar-refractivity contribution >= 4 is 0 Å². The fourth-order valence-corrected chi connectivity index (χ4v) is 1.31. The summed E-state index contributed by atoms with van der Waals surface area (Å²) in [7, 11) is 0. The Hall–Kier alpha value is -0.240. The second kappa shape index (κ2) is 8.92. The molecule has 6 nitrogen and oxygen atoms in total. The van der Waals surface area contributed by atoms with Gasteiger partial charge < -0.3 is 9.47 Å². The third kappa shape index (κ3) is 9.63. The lowest BCUT2D eigenvalue weighted by atomic mass is 10.5. The molecule has 0 saturated carbocycles. The van der Waals surface area contributed by atoms with Crippen molar-refractivity contribution in [2.75, 3.05) is 0 Å². The summed E-state index contributed by atoms with van der Waals surface area (Å²) in [6, 6.07) is 0. The first kappa shape index (κ1) is 19.8. The molecule has 20 heavy (non-hydrogen) atoms. The zero-order valence-electron chi connectivity index (χ0n) is 13.8. The predicted octanol–water partition coefficient (Wildman–Crippen LogP) is 3.03. The van der Waals surface area contributed by atoms with Crippen LogP contribution in [0.1, 0.15) is 55.4 Å². The number of hydrogen-bond acceptors (Lipinski definition) is 5. The van der Waals surface area contributed by atoms with E-state index < -0.39 is 12.6 Å². The van der Waals surface area contributed by atoms with Crippen molar-refractivity contribution < 1.29 is 28.8 Å². The van der Waals surface area contributed by atoms with E-state index in [9.17, 15) is 5.11 Å². The van der Waals surface area contributed by atoms with E-state index in [0.29, 0.717) is 0 Å². The van der Waals surface area contributed by atoms with E-state index in [1.54, 1.807) is 27.7 Å². The van der Waals surface area contributed by atoms with E-state index in [2.05, 4.69) is 0 Å². The summed E-state index contributed by atoms with van der Waals surface area (Å²) in [5.41, 5.74) is 0. The molecule has 0 rings (SSSR count). The van der Waals surface area contributed by atoms with Gasteiger partial charge in [0.15, 0.2) is 0 Å². The molecule has 0 saturated heterocycles. The van der Waals surface area contributed by atoms with Gasteiger partial charge in [-0.2, -0.15) is 0 Å². The molecule has 0 bridgehead atoms. The molecule has 0 aliphatic rings. The van der Waals surface area contributed by atoms with Crippen molar-refractivity contribution in [1.29, 1.82) is 0 Å². The summed E-state index contributed by atoms with van der Waals surface area (Å²) >= 11 is 0. The van der Waals surface area contributed by atoms with Gasteiger partial charge in [0.1, 0.15) is 0 Å². The standard InChI is InChI=1S/C14H29O6/c1-9(2)16-13(17-10(3)4)20-14(15,18-11(5)6)19-12(7)8/h9-13H,1-8H3. The molecule has 6 heteroatoms. The molecule has 121 valence electrons. The lowest BCUT2D eigenvalue weighted by Crippen LogP contribution is -2.46. The average Bonchev–Trinajstić information content (AvgIpc) is 2.09. The highest BCUT2D eigenvalue weighted by atomic mass is 17.0. The Labute approximate surface area is 122 Å².